The van der Waals surface area contributed by atoms with E-state index in [9.17, 15) is 0 Å². The van der Waals surface area contributed by atoms with Gasteiger partial charge in [-0.2, -0.15) is 23.5 Å². The number of rotatable bonds is 4. The summed E-state index contributed by atoms with van der Waals surface area (Å²) in [6.07, 6.45) is 1.15. The van der Waals surface area contributed by atoms with Crippen LogP contribution in [-0.2, 0) is 6.42 Å². The van der Waals surface area contributed by atoms with Crippen LogP contribution >= 0.6 is 23.5 Å². The normalized spacial score (nSPS) is 28.4. The van der Waals surface area contributed by atoms with Crippen LogP contribution in [0.3, 0.4) is 0 Å². The van der Waals surface area contributed by atoms with E-state index in [0.29, 0.717) is 6.04 Å². The summed E-state index contributed by atoms with van der Waals surface area (Å²) in [7, 11) is 2.12. The van der Waals surface area contributed by atoms with Gasteiger partial charge in [0, 0.05) is 27.5 Å². The van der Waals surface area contributed by atoms with Crippen LogP contribution in [0.1, 0.15) is 30.5 Å². The van der Waals surface area contributed by atoms with Gasteiger partial charge in [-0.1, -0.05) is 32.0 Å². The highest BCUT2D eigenvalue weighted by Crippen LogP contribution is 2.37. The Morgan fingerprint density at radius 1 is 1.20 bits per heavy atom. The molecule has 1 aromatic rings. The van der Waals surface area contributed by atoms with Crippen molar-refractivity contribution >= 4 is 23.5 Å². The first-order valence-electron chi connectivity index (χ1n) is 7.52. The van der Waals surface area contributed by atoms with Gasteiger partial charge < -0.3 is 5.32 Å². The number of thioether (sulfide) groups is 2. The van der Waals surface area contributed by atoms with E-state index in [-0.39, 0.29) is 0 Å². The summed E-state index contributed by atoms with van der Waals surface area (Å²) in [4.78, 5) is 0. The molecule has 4 unspecified atom stereocenters. The minimum atomic E-state index is 0.572. The summed E-state index contributed by atoms with van der Waals surface area (Å²) < 4.78 is 0. The molecule has 0 radical (unpaired) electrons. The zero-order valence-electron chi connectivity index (χ0n) is 13.3. The monoisotopic (exact) mass is 309 g/mol. The maximum atomic E-state index is 3.58. The first-order chi connectivity index (χ1) is 9.52. The lowest BCUT2D eigenvalue weighted by atomic mass is 9.95. The average Bonchev–Trinajstić information content (AvgIpc) is 2.42. The van der Waals surface area contributed by atoms with E-state index in [1.807, 2.05) is 0 Å². The maximum Gasteiger partial charge on any atom is 0.0298 e. The van der Waals surface area contributed by atoms with Gasteiger partial charge in [-0.05, 0) is 44.0 Å². The number of benzene rings is 1. The quantitative estimate of drug-likeness (QED) is 0.901. The average molecular weight is 310 g/mol. The van der Waals surface area contributed by atoms with Gasteiger partial charge in [0.2, 0.25) is 0 Å². The lowest BCUT2D eigenvalue weighted by Crippen LogP contribution is -2.43. The Labute approximate surface area is 132 Å². The number of likely N-dealkylation sites (N-methyl/N-ethyl adjacent to an activating group) is 1. The van der Waals surface area contributed by atoms with E-state index in [1.54, 1.807) is 0 Å². The van der Waals surface area contributed by atoms with Crippen molar-refractivity contribution in [3.05, 3.63) is 34.9 Å². The molecular weight excluding hydrogens is 282 g/mol. The lowest BCUT2D eigenvalue weighted by Gasteiger charge is -2.36. The summed E-state index contributed by atoms with van der Waals surface area (Å²) in [5, 5.41) is 5.84. The molecule has 0 spiro atoms. The van der Waals surface area contributed by atoms with Crippen molar-refractivity contribution in [1.82, 2.24) is 5.32 Å². The third kappa shape index (κ3) is 3.75. The van der Waals surface area contributed by atoms with Crippen LogP contribution < -0.4 is 5.32 Å². The van der Waals surface area contributed by atoms with Gasteiger partial charge in [-0.25, -0.2) is 0 Å². The Balaban J connectivity index is 2.09. The second-order valence-electron chi connectivity index (χ2n) is 5.89. The smallest absolute Gasteiger partial charge is 0.0298 e. The first-order valence-corrected chi connectivity index (χ1v) is 9.51. The number of hydrogen-bond acceptors (Lipinski definition) is 3. The Hall–Kier alpha value is -0.120. The molecular formula is C17H27NS2. The highest BCUT2D eigenvalue weighted by molar-refractivity contribution is 8.07. The molecule has 0 aliphatic carbocycles. The van der Waals surface area contributed by atoms with Crippen LogP contribution in [0, 0.1) is 13.8 Å². The molecule has 1 aliphatic heterocycles. The molecule has 1 saturated heterocycles. The van der Waals surface area contributed by atoms with Crippen LogP contribution in [0.4, 0.5) is 0 Å². The molecule has 0 bridgehead atoms. The summed E-state index contributed by atoms with van der Waals surface area (Å²) in [5.41, 5.74) is 4.39. The largest absolute Gasteiger partial charge is 0.316 e. The topological polar surface area (TPSA) is 12.0 Å². The summed E-state index contributed by atoms with van der Waals surface area (Å²) in [5.74, 6) is 1.27. The summed E-state index contributed by atoms with van der Waals surface area (Å²) >= 11 is 4.31. The third-order valence-electron chi connectivity index (χ3n) is 4.46. The van der Waals surface area contributed by atoms with Gasteiger partial charge in [0.15, 0.2) is 0 Å². The molecule has 0 aromatic heterocycles. The molecule has 20 heavy (non-hydrogen) atoms. The fourth-order valence-electron chi connectivity index (χ4n) is 2.83. The van der Waals surface area contributed by atoms with Crippen LogP contribution in [0.15, 0.2) is 18.2 Å². The van der Waals surface area contributed by atoms with Crippen molar-refractivity contribution in [2.75, 3.05) is 12.8 Å². The van der Waals surface area contributed by atoms with Crippen molar-refractivity contribution in [2.45, 2.75) is 55.9 Å². The second-order valence-corrected chi connectivity index (χ2v) is 8.92. The van der Waals surface area contributed by atoms with Crippen molar-refractivity contribution in [2.24, 2.45) is 0 Å². The predicted octanol–water partition coefficient (Wildman–Crippen LogP) is 4.06. The van der Waals surface area contributed by atoms with Gasteiger partial charge >= 0.3 is 0 Å². The zero-order valence-corrected chi connectivity index (χ0v) is 14.9. The molecule has 112 valence electrons. The van der Waals surface area contributed by atoms with Gasteiger partial charge in [0.05, 0.1) is 0 Å². The predicted molar refractivity (Wildman–Crippen MR) is 95.2 cm³/mol. The fraction of sp³-hybridized carbons (Fsp3) is 0.647. The molecule has 2 rings (SSSR count). The number of nitrogens with one attached hydrogen (secondary N) is 1. The van der Waals surface area contributed by atoms with E-state index in [4.69, 9.17) is 0 Å². The maximum absolute atomic E-state index is 3.58. The molecule has 1 aliphatic rings. The molecule has 0 saturated carbocycles. The van der Waals surface area contributed by atoms with Crippen LogP contribution in [0.25, 0.3) is 0 Å². The van der Waals surface area contributed by atoms with E-state index >= 15 is 0 Å². The SMILES string of the molecule is CNC(Cc1c(C)cccc1C)C1CSC(C)C(C)S1. The fourth-order valence-corrected chi connectivity index (χ4v) is 6.00. The highest BCUT2D eigenvalue weighted by Gasteiger charge is 2.30. The first kappa shape index (κ1) is 16.3. The van der Waals surface area contributed by atoms with E-state index in [0.717, 1.165) is 22.2 Å². The molecule has 3 heteroatoms. The number of hydrogen-bond donors (Lipinski definition) is 1. The van der Waals surface area contributed by atoms with E-state index in [2.05, 4.69) is 81.8 Å². The Morgan fingerprint density at radius 3 is 2.40 bits per heavy atom. The zero-order chi connectivity index (χ0) is 14.7. The van der Waals surface area contributed by atoms with Crippen LogP contribution in [0.2, 0.25) is 0 Å². The molecule has 4 atom stereocenters. The number of aryl methyl sites for hydroxylation is 2. The standard InChI is InChI=1S/C17H27NS2/c1-11-7-6-8-12(2)15(11)9-16(18-5)17-10-19-13(3)14(4)20-17/h6-8,13-14,16-18H,9-10H2,1-5H3. The summed E-state index contributed by atoms with van der Waals surface area (Å²) in [6, 6.07) is 7.21. The molecule has 1 heterocycles. The van der Waals surface area contributed by atoms with E-state index < -0.39 is 0 Å². The minimum Gasteiger partial charge on any atom is -0.316 e. The van der Waals surface area contributed by atoms with Crippen molar-refractivity contribution in [1.29, 1.82) is 0 Å². The molecule has 1 fully saturated rings. The Morgan fingerprint density at radius 2 is 1.85 bits per heavy atom. The third-order valence-corrected chi connectivity index (χ3v) is 8.01. The summed E-state index contributed by atoms with van der Waals surface area (Å²) in [6.45, 7) is 9.21. The van der Waals surface area contributed by atoms with Crippen LogP contribution in [-0.4, -0.2) is 34.6 Å². The van der Waals surface area contributed by atoms with Crippen LogP contribution in [0.5, 0.6) is 0 Å². The van der Waals surface area contributed by atoms with Crippen molar-refractivity contribution in [3.8, 4) is 0 Å². The Bertz CT molecular complexity index is 426. The highest BCUT2D eigenvalue weighted by atomic mass is 32.2. The van der Waals surface area contributed by atoms with Crippen molar-refractivity contribution < 1.29 is 0 Å². The lowest BCUT2D eigenvalue weighted by molar-refractivity contribution is 0.552. The van der Waals surface area contributed by atoms with E-state index in [1.165, 1.54) is 22.4 Å². The molecule has 1 N–H and O–H groups in total. The molecule has 1 aromatic carbocycles. The second kappa shape index (κ2) is 7.24. The minimum absolute atomic E-state index is 0.572. The van der Waals surface area contributed by atoms with Crippen molar-refractivity contribution in [3.63, 3.8) is 0 Å². The van der Waals surface area contributed by atoms with Gasteiger partial charge in [0.1, 0.15) is 0 Å². The van der Waals surface area contributed by atoms with Gasteiger partial charge in [-0.15, -0.1) is 0 Å². The molecule has 1 nitrogen and oxygen atoms in total. The van der Waals surface area contributed by atoms with Gasteiger partial charge in [0.25, 0.3) is 0 Å². The Kier molecular flexibility index (Phi) is 5.88. The molecule has 0 amide bonds. The van der Waals surface area contributed by atoms with Gasteiger partial charge in [-0.3, -0.25) is 0 Å².